The van der Waals surface area contributed by atoms with Crippen LogP contribution < -0.4 is 10.2 Å². The van der Waals surface area contributed by atoms with Gasteiger partial charge in [0.1, 0.15) is 5.82 Å². The summed E-state index contributed by atoms with van der Waals surface area (Å²) in [6.07, 6.45) is 0.870. The quantitative estimate of drug-likeness (QED) is 0.844. The molecular formula is C16H25FN2O2. The summed E-state index contributed by atoms with van der Waals surface area (Å²) in [5, 5.41) is 12.7. The Labute approximate surface area is 125 Å². The number of aliphatic hydroxyl groups is 1. The van der Waals surface area contributed by atoms with Gasteiger partial charge in [0.15, 0.2) is 0 Å². The topological polar surface area (TPSA) is 44.7 Å². The minimum Gasteiger partial charge on any atom is -0.394 e. The fourth-order valence-corrected chi connectivity index (χ4v) is 2.68. The van der Waals surface area contributed by atoms with Gasteiger partial charge >= 0.3 is 0 Å². The summed E-state index contributed by atoms with van der Waals surface area (Å²) >= 11 is 0. The molecule has 5 heteroatoms. The maximum absolute atomic E-state index is 13.6. The van der Waals surface area contributed by atoms with Crippen molar-refractivity contribution in [3.05, 3.63) is 29.6 Å². The highest BCUT2D eigenvalue weighted by molar-refractivity contribution is 5.55. The first-order valence-electron chi connectivity index (χ1n) is 7.66. The van der Waals surface area contributed by atoms with Crippen molar-refractivity contribution in [1.29, 1.82) is 0 Å². The molecule has 0 spiro atoms. The van der Waals surface area contributed by atoms with E-state index in [-0.39, 0.29) is 24.6 Å². The minimum absolute atomic E-state index is 0.0106. The molecule has 0 aromatic heterocycles. The van der Waals surface area contributed by atoms with Crippen LogP contribution in [0.2, 0.25) is 0 Å². The van der Waals surface area contributed by atoms with Crippen LogP contribution in [-0.4, -0.2) is 44.1 Å². The highest BCUT2D eigenvalue weighted by Gasteiger charge is 2.23. The lowest BCUT2D eigenvalue weighted by Gasteiger charge is -2.35. The predicted molar refractivity (Wildman–Crippen MR) is 82.1 cm³/mol. The van der Waals surface area contributed by atoms with E-state index < -0.39 is 0 Å². The number of nitrogens with one attached hydrogen (secondary N) is 1. The summed E-state index contributed by atoms with van der Waals surface area (Å²) in [4.78, 5) is 2.17. The molecule has 1 aliphatic rings. The van der Waals surface area contributed by atoms with Crippen LogP contribution in [0.25, 0.3) is 0 Å². The Balaban J connectivity index is 2.21. The van der Waals surface area contributed by atoms with Crippen LogP contribution in [0.5, 0.6) is 0 Å². The van der Waals surface area contributed by atoms with Crippen LogP contribution >= 0.6 is 0 Å². The molecule has 0 aliphatic carbocycles. The van der Waals surface area contributed by atoms with E-state index in [9.17, 15) is 9.50 Å². The van der Waals surface area contributed by atoms with Gasteiger partial charge in [0.05, 0.1) is 19.3 Å². The summed E-state index contributed by atoms with van der Waals surface area (Å²) in [5.41, 5.74) is 1.98. The number of hydrogen-bond donors (Lipinski definition) is 2. The van der Waals surface area contributed by atoms with E-state index in [0.717, 1.165) is 30.8 Å². The Morgan fingerprint density at radius 1 is 1.52 bits per heavy atom. The molecule has 1 aromatic carbocycles. The van der Waals surface area contributed by atoms with E-state index in [1.54, 1.807) is 6.07 Å². The molecule has 1 aromatic rings. The van der Waals surface area contributed by atoms with Crippen LogP contribution in [-0.2, 0) is 4.74 Å². The maximum atomic E-state index is 13.6. The number of rotatable bonds is 6. The largest absolute Gasteiger partial charge is 0.394 e. The summed E-state index contributed by atoms with van der Waals surface area (Å²) in [6.45, 7) is 7.05. The number of aliphatic hydroxyl groups excluding tert-OH is 1. The second kappa shape index (κ2) is 7.73. The van der Waals surface area contributed by atoms with Crippen LogP contribution in [0.4, 0.5) is 10.1 Å². The van der Waals surface area contributed by atoms with Crippen LogP contribution in [0, 0.1) is 5.82 Å². The summed E-state index contributed by atoms with van der Waals surface area (Å²) in [6, 6.07) is 5.01. The average molecular weight is 296 g/mol. The Morgan fingerprint density at radius 2 is 2.33 bits per heavy atom. The molecule has 2 rings (SSSR count). The molecule has 0 bridgehead atoms. The summed E-state index contributed by atoms with van der Waals surface area (Å²) in [7, 11) is 0. The fourth-order valence-electron chi connectivity index (χ4n) is 2.68. The Bertz CT molecular complexity index is 456. The molecule has 2 unspecified atom stereocenters. The highest BCUT2D eigenvalue weighted by Crippen LogP contribution is 2.28. The zero-order chi connectivity index (χ0) is 15.2. The first kappa shape index (κ1) is 16.2. The van der Waals surface area contributed by atoms with Crippen LogP contribution in [0.15, 0.2) is 18.2 Å². The third-order valence-corrected chi connectivity index (χ3v) is 3.84. The van der Waals surface area contributed by atoms with Gasteiger partial charge in [-0.3, -0.25) is 0 Å². The monoisotopic (exact) mass is 296 g/mol. The predicted octanol–water partition coefficient (Wildman–Crippen LogP) is 2.08. The van der Waals surface area contributed by atoms with Gasteiger partial charge in [0.25, 0.3) is 0 Å². The second-order valence-electron chi connectivity index (χ2n) is 5.50. The van der Waals surface area contributed by atoms with E-state index in [0.29, 0.717) is 13.2 Å². The lowest BCUT2D eigenvalue weighted by Crippen LogP contribution is -2.44. The van der Waals surface area contributed by atoms with Gasteiger partial charge in [-0.25, -0.2) is 4.39 Å². The third kappa shape index (κ3) is 4.15. The maximum Gasteiger partial charge on any atom is 0.123 e. The van der Waals surface area contributed by atoms with Gasteiger partial charge in [-0.15, -0.1) is 0 Å². The van der Waals surface area contributed by atoms with Gasteiger partial charge < -0.3 is 20.1 Å². The van der Waals surface area contributed by atoms with E-state index in [2.05, 4.69) is 24.1 Å². The van der Waals surface area contributed by atoms with Crippen LogP contribution in [0.1, 0.15) is 31.9 Å². The zero-order valence-electron chi connectivity index (χ0n) is 12.8. The molecule has 2 N–H and O–H groups in total. The molecule has 0 radical (unpaired) electrons. The van der Waals surface area contributed by atoms with Gasteiger partial charge in [0.2, 0.25) is 0 Å². The van der Waals surface area contributed by atoms with Crippen LogP contribution in [0.3, 0.4) is 0 Å². The molecule has 2 atom stereocenters. The zero-order valence-corrected chi connectivity index (χ0v) is 12.8. The van der Waals surface area contributed by atoms with E-state index in [1.807, 2.05) is 6.07 Å². The lowest BCUT2D eigenvalue weighted by molar-refractivity contribution is 0.00350. The highest BCUT2D eigenvalue weighted by atomic mass is 19.1. The van der Waals surface area contributed by atoms with Crippen molar-refractivity contribution in [1.82, 2.24) is 5.32 Å². The van der Waals surface area contributed by atoms with Crippen molar-refractivity contribution in [3.63, 3.8) is 0 Å². The van der Waals surface area contributed by atoms with Crippen molar-refractivity contribution in [3.8, 4) is 0 Å². The number of halogens is 1. The van der Waals surface area contributed by atoms with E-state index >= 15 is 0 Å². The molecule has 1 heterocycles. The third-order valence-electron chi connectivity index (χ3n) is 3.84. The lowest BCUT2D eigenvalue weighted by atomic mass is 10.0. The number of hydrogen-bond acceptors (Lipinski definition) is 4. The van der Waals surface area contributed by atoms with Crippen molar-refractivity contribution < 1.29 is 14.2 Å². The van der Waals surface area contributed by atoms with Gasteiger partial charge in [-0.05, 0) is 43.7 Å². The molecule has 1 aliphatic heterocycles. The number of morpholine rings is 1. The first-order chi connectivity index (χ1) is 10.2. The molecular weight excluding hydrogens is 271 g/mol. The number of benzene rings is 1. The number of anilines is 1. The normalized spacial score (nSPS) is 20.6. The number of ether oxygens (including phenoxy) is 1. The van der Waals surface area contributed by atoms with Gasteiger partial charge in [-0.2, -0.15) is 0 Å². The SMILES string of the molecule is CCCNC(C)c1cc(F)ccc1N1CCOC(CO)C1. The molecule has 0 amide bonds. The Morgan fingerprint density at radius 3 is 3.05 bits per heavy atom. The smallest absolute Gasteiger partial charge is 0.123 e. The molecule has 1 saturated heterocycles. The fraction of sp³-hybridized carbons (Fsp3) is 0.625. The van der Waals surface area contributed by atoms with E-state index in [1.165, 1.54) is 6.07 Å². The standard InChI is InChI=1S/C16H25FN2O2/c1-3-6-18-12(2)15-9-13(17)4-5-16(15)19-7-8-21-14(10-19)11-20/h4-5,9,12,14,18,20H,3,6-8,10-11H2,1-2H3. The van der Waals surface area contributed by atoms with Crippen molar-refractivity contribution in [2.45, 2.75) is 32.4 Å². The molecule has 4 nitrogen and oxygen atoms in total. The summed E-state index contributed by atoms with van der Waals surface area (Å²) < 4.78 is 19.1. The molecule has 0 saturated carbocycles. The first-order valence-corrected chi connectivity index (χ1v) is 7.66. The molecule has 21 heavy (non-hydrogen) atoms. The van der Waals surface area contributed by atoms with Crippen molar-refractivity contribution in [2.75, 3.05) is 37.7 Å². The second-order valence-corrected chi connectivity index (χ2v) is 5.50. The Hall–Kier alpha value is -1.17. The van der Waals surface area contributed by atoms with Gasteiger partial charge in [0, 0.05) is 24.8 Å². The summed E-state index contributed by atoms with van der Waals surface area (Å²) in [5.74, 6) is -0.217. The van der Waals surface area contributed by atoms with Crippen molar-refractivity contribution >= 4 is 5.69 Å². The Kier molecular flexibility index (Phi) is 5.96. The number of nitrogens with zero attached hydrogens (tertiary/aromatic N) is 1. The van der Waals surface area contributed by atoms with Crippen molar-refractivity contribution in [2.24, 2.45) is 0 Å². The molecule has 1 fully saturated rings. The van der Waals surface area contributed by atoms with E-state index in [4.69, 9.17) is 4.74 Å². The minimum atomic E-state index is -0.217. The average Bonchev–Trinajstić information content (AvgIpc) is 2.52. The molecule has 118 valence electrons. The van der Waals surface area contributed by atoms with Gasteiger partial charge in [-0.1, -0.05) is 6.92 Å².